The maximum Gasteiger partial charge on any atom is 0.408 e. The van der Waals surface area contributed by atoms with Crippen molar-refractivity contribution in [2.45, 2.75) is 83.7 Å². The van der Waals surface area contributed by atoms with Crippen LogP contribution in [0.4, 0.5) is 4.79 Å². The van der Waals surface area contributed by atoms with Gasteiger partial charge in [-0.3, -0.25) is 4.79 Å². The zero-order valence-electron chi connectivity index (χ0n) is 18.2. The van der Waals surface area contributed by atoms with Gasteiger partial charge in [-0.05, 0) is 58.4 Å². The Kier molecular flexibility index (Phi) is 6.68. The quantitative estimate of drug-likeness (QED) is 0.744. The molecule has 7 heteroatoms. The van der Waals surface area contributed by atoms with Crippen molar-refractivity contribution < 1.29 is 23.9 Å². The number of likely N-dealkylation sites (tertiary alicyclic amines) is 1. The number of hydrogen-bond acceptors (Lipinski definition) is 5. The second-order valence-corrected chi connectivity index (χ2v) is 9.22. The predicted octanol–water partition coefficient (Wildman–Crippen LogP) is 3.41. The number of fused-ring (bicyclic) bond motifs is 1. The number of ether oxygens (including phenoxy) is 2. The summed E-state index contributed by atoms with van der Waals surface area (Å²) in [7, 11) is 0. The van der Waals surface area contributed by atoms with E-state index < -0.39 is 23.8 Å². The molecule has 1 heterocycles. The summed E-state index contributed by atoms with van der Waals surface area (Å²) < 4.78 is 10.8. The standard InChI is InChI=1S/C23H32N2O5/c1-15(24-22(28)30-23(2,3)4)20(26)25-18-12-8-11-17(18)13-19(25)21(27)29-14-16-9-6-5-7-10-16/h5-7,9-10,15,17-19H,8,11-14H2,1-4H3,(H,24,28)/t15-,17+,18-,19+/m0/s1. The molecule has 4 atom stereocenters. The Hall–Kier alpha value is -2.57. The molecule has 1 saturated carbocycles. The minimum atomic E-state index is -0.788. The number of hydrogen-bond donors (Lipinski definition) is 1. The summed E-state index contributed by atoms with van der Waals surface area (Å²) in [5, 5.41) is 2.61. The predicted molar refractivity (Wildman–Crippen MR) is 111 cm³/mol. The number of rotatable bonds is 5. The zero-order valence-corrected chi connectivity index (χ0v) is 18.2. The first-order valence-corrected chi connectivity index (χ1v) is 10.7. The Bertz CT molecular complexity index is 774. The van der Waals surface area contributed by atoms with Gasteiger partial charge in [0.05, 0.1) is 0 Å². The summed E-state index contributed by atoms with van der Waals surface area (Å²) >= 11 is 0. The molecule has 1 aliphatic heterocycles. The van der Waals surface area contributed by atoms with Crippen LogP contribution in [-0.2, 0) is 25.7 Å². The summed E-state index contributed by atoms with van der Waals surface area (Å²) in [6.07, 6.45) is 2.89. The minimum absolute atomic E-state index is 0.0228. The number of nitrogens with one attached hydrogen (secondary N) is 1. The second kappa shape index (κ2) is 9.06. The van der Waals surface area contributed by atoms with Crippen LogP contribution in [0.3, 0.4) is 0 Å². The summed E-state index contributed by atoms with van der Waals surface area (Å²) in [5.74, 6) is -0.347. The van der Waals surface area contributed by atoms with Crippen molar-refractivity contribution >= 4 is 18.0 Å². The fourth-order valence-corrected chi connectivity index (χ4v) is 4.41. The smallest absolute Gasteiger partial charge is 0.408 e. The molecule has 0 radical (unpaired) electrons. The van der Waals surface area contributed by atoms with Crippen LogP contribution < -0.4 is 5.32 Å². The molecule has 1 aliphatic carbocycles. The highest BCUT2D eigenvalue weighted by Crippen LogP contribution is 2.42. The summed E-state index contributed by atoms with van der Waals surface area (Å²) in [4.78, 5) is 39.8. The van der Waals surface area contributed by atoms with E-state index in [-0.39, 0.29) is 24.5 Å². The monoisotopic (exact) mass is 416 g/mol. The van der Waals surface area contributed by atoms with Gasteiger partial charge in [0.2, 0.25) is 5.91 Å². The molecule has 1 N–H and O–H groups in total. The van der Waals surface area contributed by atoms with Crippen molar-refractivity contribution in [1.82, 2.24) is 10.2 Å². The third-order valence-electron chi connectivity index (χ3n) is 5.69. The van der Waals surface area contributed by atoms with Crippen molar-refractivity contribution in [3.63, 3.8) is 0 Å². The van der Waals surface area contributed by atoms with Crippen LogP contribution in [0.1, 0.15) is 58.9 Å². The molecule has 3 rings (SSSR count). The second-order valence-electron chi connectivity index (χ2n) is 9.22. The van der Waals surface area contributed by atoms with E-state index in [0.29, 0.717) is 12.3 Å². The van der Waals surface area contributed by atoms with Crippen LogP contribution in [0, 0.1) is 5.92 Å². The van der Waals surface area contributed by atoms with Gasteiger partial charge in [0.1, 0.15) is 24.3 Å². The topological polar surface area (TPSA) is 84.9 Å². The number of alkyl carbamates (subject to hydrolysis) is 1. The SMILES string of the molecule is C[C@H](NC(=O)OC(C)(C)C)C(=O)N1[C@@H](C(=O)OCc2ccccc2)C[C@H]2CCC[C@@H]21. The lowest BCUT2D eigenvalue weighted by atomic mass is 10.0. The van der Waals surface area contributed by atoms with Crippen LogP contribution in [0.2, 0.25) is 0 Å². The molecule has 2 fully saturated rings. The van der Waals surface area contributed by atoms with E-state index in [1.165, 1.54) is 0 Å². The molecule has 7 nitrogen and oxygen atoms in total. The first-order valence-electron chi connectivity index (χ1n) is 10.7. The van der Waals surface area contributed by atoms with Crippen molar-refractivity contribution in [1.29, 1.82) is 0 Å². The average Bonchev–Trinajstić information content (AvgIpc) is 3.25. The highest BCUT2D eigenvalue weighted by molar-refractivity contribution is 5.90. The number of amides is 2. The largest absolute Gasteiger partial charge is 0.459 e. The summed E-state index contributed by atoms with van der Waals surface area (Å²) in [5.41, 5.74) is 0.253. The minimum Gasteiger partial charge on any atom is -0.459 e. The highest BCUT2D eigenvalue weighted by atomic mass is 16.6. The molecule has 0 unspecified atom stereocenters. The Morgan fingerprint density at radius 3 is 2.53 bits per heavy atom. The Morgan fingerprint density at radius 2 is 1.87 bits per heavy atom. The molecule has 1 saturated heterocycles. The first kappa shape index (κ1) is 22.1. The third kappa shape index (κ3) is 5.32. The number of nitrogens with zero attached hydrogens (tertiary/aromatic N) is 1. The van der Waals surface area contributed by atoms with Crippen LogP contribution in [0.25, 0.3) is 0 Å². The molecular weight excluding hydrogens is 384 g/mol. The van der Waals surface area contributed by atoms with Crippen molar-refractivity contribution in [2.75, 3.05) is 0 Å². The van der Waals surface area contributed by atoms with Gasteiger partial charge in [0.15, 0.2) is 0 Å². The lowest BCUT2D eigenvalue weighted by molar-refractivity contribution is -0.156. The van der Waals surface area contributed by atoms with E-state index in [1.54, 1.807) is 32.6 Å². The Labute approximate surface area is 178 Å². The molecule has 30 heavy (non-hydrogen) atoms. The van der Waals surface area contributed by atoms with Gasteiger partial charge in [0.25, 0.3) is 0 Å². The van der Waals surface area contributed by atoms with Gasteiger partial charge < -0.3 is 19.7 Å². The molecule has 164 valence electrons. The maximum absolute atomic E-state index is 13.2. The first-order chi connectivity index (χ1) is 14.2. The fraction of sp³-hybridized carbons (Fsp3) is 0.609. The van der Waals surface area contributed by atoms with Crippen LogP contribution >= 0.6 is 0 Å². The van der Waals surface area contributed by atoms with E-state index in [0.717, 1.165) is 24.8 Å². The highest BCUT2D eigenvalue weighted by Gasteiger charge is 2.50. The lowest BCUT2D eigenvalue weighted by Crippen LogP contribution is -2.53. The van der Waals surface area contributed by atoms with E-state index in [9.17, 15) is 14.4 Å². The zero-order chi connectivity index (χ0) is 21.9. The van der Waals surface area contributed by atoms with Crippen LogP contribution in [0.15, 0.2) is 30.3 Å². The number of carbonyl (C=O) groups is 3. The van der Waals surface area contributed by atoms with Gasteiger partial charge in [-0.2, -0.15) is 0 Å². The molecule has 1 aromatic carbocycles. The normalized spacial score (nSPS) is 24.1. The average molecular weight is 417 g/mol. The lowest BCUT2D eigenvalue weighted by Gasteiger charge is -2.31. The number of esters is 1. The van der Waals surface area contributed by atoms with Gasteiger partial charge in [-0.1, -0.05) is 36.8 Å². The molecule has 2 amide bonds. The molecule has 0 spiro atoms. The molecule has 0 aromatic heterocycles. The molecule has 2 aliphatic rings. The molecule has 0 bridgehead atoms. The van der Waals surface area contributed by atoms with E-state index in [1.807, 2.05) is 30.3 Å². The number of carbonyl (C=O) groups excluding carboxylic acids is 3. The Balaban J connectivity index is 1.66. The molecular formula is C23H32N2O5. The van der Waals surface area contributed by atoms with Crippen molar-refractivity contribution in [2.24, 2.45) is 5.92 Å². The third-order valence-corrected chi connectivity index (χ3v) is 5.69. The van der Waals surface area contributed by atoms with E-state index >= 15 is 0 Å². The van der Waals surface area contributed by atoms with Gasteiger partial charge >= 0.3 is 12.1 Å². The maximum atomic E-state index is 13.2. The van der Waals surface area contributed by atoms with Crippen molar-refractivity contribution in [3.05, 3.63) is 35.9 Å². The summed E-state index contributed by atoms with van der Waals surface area (Å²) in [6, 6.07) is 8.10. The number of benzene rings is 1. The van der Waals surface area contributed by atoms with Crippen molar-refractivity contribution in [3.8, 4) is 0 Å². The van der Waals surface area contributed by atoms with E-state index in [4.69, 9.17) is 9.47 Å². The van der Waals surface area contributed by atoms with E-state index in [2.05, 4.69) is 5.32 Å². The van der Waals surface area contributed by atoms with Gasteiger partial charge in [0, 0.05) is 6.04 Å². The Morgan fingerprint density at radius 1 is 1.17 bits per heavy atom. The molecule has 1 aromatic rings. The fourth-order valence-electron chi connectivity index (χ4n) is 4.41. The summed E-state index contributed by atoms with van der Waals surface area (Å²) in [6.45, 7) is 7.10. The van der Waals surface area contributed by atoms with Crippen LogP contribution in [0.5, 0.6) is 0 Å². The van der Waals surface area contributed by atoms with Crippen LogP contribution in [-0.4, -0.2) is 46.6 Å². The van der Waals surface area contributed by atoms with Gasteiger partial charge in [-0.25, -0.2) is 9.59 Å². The van der Waals surface area contributed by atoms with Gasteiger partial charge in [-0.15, -0.1) is 0 Å².